The van der Waals surface area contributed by atoms with Crippen molar-refractivity contribution in [1.29, 1.82) is 0 Å². The molecule has 0 saturated carbocycles. The van der Waals surface area contributed by atoms with Gasteiger partial charge >= 0.3 is 0 Å². The Labute approximate surface area is 94.1 Å². The summed E-state index contributed by atoms with van der Waals surface area (Å²) in [6.45, 7) is 3.41. The SMILES string of the molecule is C[N-]C(C)(C)C(=O)OC.[CH3-].[Y]. The molecule has 0 aliphatic heterocycles. The zero-order valence-corrected chi connectivity index (χ0v) is 10.7. The Hall–Kier alpha value is 0.534. The fraction of sp³-hybridized carbons (Fsp3) is 0.714. The number of hydrogen-bond donors (Lipinski definition) is 0. The van der Waals surface area contributed by atoms with Crippen LogP contribution in [0, 0.1) is 7.43 Å². The van der Waals surface area contributed by atoms with E-state index in [1.165, 1.54) is 7.11 Å². The Morgan fingerprint density at radius 2 is 1.82 bits per heavy atom. The number of carbonyl (C=O) groups excluding carboxylic acids is 1. The molecule has 0 rings (SSSR count). The summed E-state index contributed by atoms with van der Waals surface area (Å²) in [4.78, 5) is 10.7. The summed E-state index contributed by atoms with van der Waals surface area (Å²) in [5.74, 6) is -0.301. The van der Waals surface area contributed by atoms with Crippen LogP contribution in [0.2, 0.25) is 0 Å². The van der Waals surface area contributed by atoms with E-state index in [1.807, 2.05) is 0 Å². The largest absolute Gasteiger partial charge is 0.651 e. The molecule has 0 aromatic rings. The van der Waals surface area contributed by atoms with E-state index in [0.29, 0.717) is 0 Å². The van der Waals surface area contributed by atoms with Crippen LogP contribution in [0.25, 0.3) is 5.32 Å². The first-order valence-electron chi connectivity index (χ1n) is 2.74. The summed E-state index contributed by atoms with van der Waals surface area (Å²) in [6, 6.07) is 0. The van der Waals surface area contributed by atoms with Crippen molar-refractivity contribution in [3.8, 4) is 0 Å². The van der Waals surface area contributed by atoms with E-state index in [1.54, 1.807) is 20.9 Å². The maximum atomic E-state index is 10.7. The molecule has 3 nitrogen and oxygen atoms in total. The molecule has 0 aliphatic rings. The van der Waals surface area contributed by atoms with Gasteiger partial charge in [-0.1, -0.05) is 13.8 Å². The molecule has 0 aromatic carbocycles. The molecular weight excluding hydrogens is 219 g/mol. The third-order valence-electron chi connectivity index (χ3n) is 1.24. The van der Waals surface area contributed by atoms with E-state index in [-0.39, 0.29) is 46.1 Å². The van der Waals surface area contributed by atoms with E-state index < -0.39 is 5.54 Å². The topological polar surface area (TPSA) is 40.4 Å². The van der Waals surface area contributed by atoms with Gasteiger partial charge in [0, 0.05) is 32.7 Å². The summed E-state index contributed by atoms with van der Waals surface area (Å²) in [5, 5.41) is 3.82. The van der Waals surface area contributed by atoms with Crippen molar-refractivity contribution < 1.29 is 42.2 Å². The van der Waals surface area contributed by atoms with Gasteiger partial charge in [-0.25, -0.2) is 0 Å². The summed E-state index contributed by atoms with van der Waals surface area (Å²) < 4.78 is 4.47. The Kier molecular flexibility index (Phi) is 11.5. The second-order valence-electron chi connectivity index (χ2n) is 2.27. The van der Waals surface area contributed by atoms with Crippen LogP contribution in [0.3, 0.4) is 0 Å². The van der Waals surface area contributed by atoms with Gasteiger partial charge in [0.25, 0.3) is 5.97 Å². The molecule has 0 aromatic heterocycles. The molecule has 0 N–H and O–H groups in total. The monoisotopic (exact) mass is 234 g/mol. The van der Waals surface area contributed by atoms with Crippen LogP contribution in [0.1, 0.15) is 13.8 Å². The minimum Gasteiger partial charge on any atom is -0.651 e. The number of esters is 1. The fourth-order valence-corrected chi connectivity index (χ4v) is 0.341. The smallest absolute Gasteiger partial charge is 0.290 e. The maximum Gasteiger partial charge on any atom is 0.290 e. The molecule has 0 heterocycles. The molecule has 65 valence electrons. The molecule has 1 radical (unpaired) electrons. The summed E-state index contributed by atoms with van der Waals surface area (Å²) in [5.41, 5.74) is -0.686. The predicted octanol–water partition coefficient (Wildman–Crippen LogP) is 1.39. The van der Waals surface area contributed by atoms with Crippen molar-refractivity contribution in [3.05, 3.63) is 12.7 Å². The third-order valence-corrected chi connectivity index (χ3v) is 1.24. The second kappa shape index (κ2) is 7.20. The van der Waals surface area contributed by atoms with Gasteiger partial charge in [-0.3, -0.25) is 4.79 Å². The molecule has 0 amide bonds. The van der Waals surface area contributed by atoms with Crippen LogP contribution in [-0.2, 0) is 42.2 Å². The third kappa shape index (κ3) is 5.77. The van der Waals surface area contributed by atoms with E-state index in [4.69, 9.17) is 0 Å². The van der Waals surface area contributed by atoms with Gasteiger partial charge in [0.05, 0.1) is 7.11 Å². The summed E-state index contributed by atoms with van der Waals surface area (Å²) in [7, 11) is 2.95. The van der Waals surface area contributed by atoms with Crippen LogP contribution < -0.4 is 0 Å². The van der Waals surface area contributed by atoms with E-state index >= 15 is 0 Å². The number of hydrogen-bond acceptors (Lipinski definition) is 2. The number of nitrogens with zero attached hydrogens (tertiary/aromatic N) is 1. The second-order valence-corrected chi connectivity index (χ2v) is 2.27. The Morgan fingerprint density at radius 1 is 1.45 bits per heavy atom. The number of methoxy groups -OCH3 is 1. The van der Waals surface area contributed by atoms with Crippen LogP contribution in [0.5, 0.6) is 0 Å². The Balaban J connectivity index is -0.000000320. The van der Waals surface area contributed by atoms with Gasteiger partial charge in [0.15, 0.2) is 0 Å². The zero-order chi connectivity index (χ0) is 7.49. The van der Waals surface area contributed by atoms with E-state index in [2.05, 4.69) is 10.1 Å². The first-order chi connectivity index (χ1) is 4.04. The predicted molar refractivity (Wildman–Crippen MR) is 41.8 cm³/mol. The quantitative estimate of drug-likeness (QED) is 0.535. The molecular formula is C7H15NO2Y-2. The number of rotatable bonds is 2. The fourth-order valence-electron chi connectivity index (χ4n) is 0.341. The van der Waals surface area contributed by atoms with Gasteiger partial charge in [-0.05, 0) is 5.54 Å². The standard InChI is InChI=1S/C6H12NO2.CH3.Y/c1-6(2,7-3)5(8)9-4;;/h1-4H3;1H3;/q2*-1;. The zero-order valence-electron chi connectivity index (χ0n) is 7.84. The van der Waals surface area contributed by atoms with E-state index in [0.717, 1.165) is 0 Å². The van der Waals surface area contributed by atoms with Crippen LogP contribution in [0.4, 0.5) is 0 Å². The number of likely N-dealkylation sites (N-methyl/N-ethyl adjacent to an activating group) is 1. The van der Waals surface area contributed by atoms with Crippen molar-refractivity contribution in [2.45, 2.75) is 19.4 Å². The maximum absolute atomic E-state index is 10.7. The minimum atomic E-state index is -0.686. The molecule has 0 spiro atoms. The van der Waals surface area contributed by atoms with Gasteiger partial charge in [0.2, 0.25) is 0 Å². The molecule has 0 unspecified atom stereocenters. The molecule has 0 fully saturated rings. The van der Waals surface area contributed by atoms with Gasteiger partial charge < -0.3 is 17.5 Å². The summed E-state index contributed by atoms with van der Waals surface area (Å²) in [6.07, 6.45) is 0. The molecule has 0 saturated heterocycles. The van der Waals surface area contributed by atoms with Gasteiger partial charge in [-0.15, -0.1) is 0 Å². The van der Waals surface area contributed by atoms with Gasteiger partial charge in [0.1, 0.15) is 0 Å². The van der Waals surface area contributed by atoms with Crippen LogP contribution >= 0.6 is 0 Å². The minimum absolute atomic E-state index is 0. The Bertz CT molecular complexity index is 115. The number of carbonyl (C=O) groups is 1. The Morgan fingerprint density at radius 3 is 1.91 bits per heavy atom. The average molecular weight is 234 g/mol. The molecule has 0 bridgehead atoms. The van der Waals surface area contributed by atoms with Crippen molar-refractivity contribution >= 4 is 5.97 Å². The van der Waals surface area contributed by atoms with Gasteiger partial charge in [-0.2, -0.15) is 7.05 Å². The van der Waals surface area contributed by atoms with Crippen molar-refractivity contribution in [2.24, 2.45) is 0 Å². The molecule has 4 heteroatoms. The molecule has 11 heavy (non-hydrogen) atoms. The normalized spacial score (nSPS) is 9.09. The summed E-state index contributed by atoms with van der Waals surface area (Å²) >= 11 is 0. The molecule has 0 atom stereocenters. The first kappa shape index (κ1) is 17.6. The van der Waals surface area contributed by atoms with Crippen LogP contribution in [0.15, 0.2) is 0 Å². The first-order valence-corrected chi connectivity index (χ1v) is 2.74. The van der Waals surface area contributed by atoms with E-state index in [9.17, 15) is 4.79 Å². The average Bonchev–Trinajstić information content (AvgIpc) is 1.86. The number of ether oxygens (including phenoxy) is 1. The molecule has 0 aliphatic carbocycles. The van der Waals surface area contributed by atoms with Crippen molar-refractivity contribution in [3.63, 3.8) is 0 Å². The van der Waals surface area contributed by atoms with Crippen molar-refractivity contribution in [2.75, 3.05) is 14.2 Å². The van der Waals surface area contributed by atoms with Crippen LogP contribution in [-0.4, -0.2) is 25.7 Å². The van der Waals surface area contributed by atoms with Crippen molar-refractivity contribution in [1.82, 2.24) is 0 Å².